The van der Waals surface area contributed by atoms with Crippen molar-refractivity contribution in [3.8, 4) is 5.69 Å². The van der Waals surface area contributed by atoms with Crippen molar-refractivity contribution in [3.05, 3.63) is 104 Å². The van der Waals surface area contributed by atoms with Crippen molar-refractivity contribution in [1.82, 2.24) is 14.5 Å². The number of nitro benzene ring substituents is 1. The van der Waals surface area contributed by atoms with E-state index < -0.39 is 28.2 Å². The highest BCUT2D eigenvalue weighted by Crippen LogP contribution is 2.62. The van der Waals surface area contributed by atoms with E-state index in [1.165, 1.54) is 12.1 Å². The Morgan fingerprint density at radius 1 is 0.975 bits per heavy atom. The Hall–Kier alpha value is -4.70. The van der Waals surface area contributed by atoms with E-state index in [0.29, 0.717) is 34.5 Å². The molecule has 3 saturated heterocycles. The van der Waals surface area contributed by atoms with Crippen molar-refractivity contribution in [2.24, 2.45) is 11.8 Å². The van der Waals surface area contributed by atoms with E-state index in [9.17, 15) is 24.5 Å². The van der Waals surface area contributed by atoms with Crippen LogP contribution in [0.3, 0.4) is 0 Å². The van der Waals surface area contributed by atoms with E-state index in [-0.39, 0.29) is 28.9 Å². The number of imide groups is 1. The van der Waals surface area contributed by atoms with Crippen LogP contribution < -0.4 is 10.5 Å². The van der Waals surface area contributed by atoms with Crippen LogP contribution in [0.25, 0.3) is 16.6 Å². The van der Waals surface area contributed by atoms with Gasteiger partial charge >= 0.3 is 0 Å². The zero-order valence-electron chi connectivity index (χ0n) is 21.5. The Morgan fingerprint density at radius 2 is 1.75 bits per heavy atom. The number of benzene rings is 3. The lowest BCUT2D eigenvalue weighted by Crippen LogP contribution is -2.51. The minimum atomic E-state index is -1.12. The summed E-state index contributed by atoms with van der Waals surface area (Å²) in [6.07, 6.45) is 1.57. The molecule has 0 aliphatic carbocycles. The molecule has 3 aromatic carbocycles. The Balaban J connectivity index is 1.43. The van der Waals surface area contributed by atoms with E-state index in [1.807, 2.05) is 30.3 Å². The molecule has 0 N–H and O–H groups in total. The molecule has 2 amide bonds. The highest BCUT2D eigenvalue weighted by molar-refractivity contribution is 6.23. The summed E-state index contributed by atoms with van der Waals surface area (Å²) in [5.74, 6) is -1.83. The van der Waals surface area contributed by atoms with Crippen molar-refractivity contribution in [1.29, 1.82) is 0 Å². The second-order valence-corrected chi connectivity index (χ2v) is 11.0. The number of fused-ring (bicyclic) bond motifs is 11. The van der Waals surface area contributed by atoms with Crippen LogP contribution in [0, 0.1) is 28.9 Å². The maximum absolute atomic E-state index is 14.6. The molecule has 4 aliphatic heterocycles. The molecule has 0 radical (unpaired) electrons. The van der Waals surface area contributed by atoms with Crippen LogP contribution in [-0.4, -0.2) is 43.8 Å². The van der Waals surface area contributed by atoms with Crippen LogP contribution >= 0.6 is 0 Å². The molecule has 10 nitrogen and oxygen atoms in total. The number of amides is 2. The van der Waals surface area contributed by atoms with Gasteiger partial charge in [-0.05, 0) is 50.1 Å². The molecule has 8 rings (SSSR count). The molecule has 4 aliphatic rings. The number of para-hydroxylation sites is 2. The molecule has 4 aromatic rings. The summed E-state index contributed by atoms with van der Waals surface area (Å²) >= 11 is 0. The first-order valence-electron chi connectivity index (χ1n) is 13.4. The van der Waals surface area contributed by atoms with Gasteiger partial charge in [-0.3, -0.25) is 34.0 Å². The third kappa shape index (κ3) is 2.57. The maximum Gasteiger partial charge on any atom is 0.271 e. The quantitative estimate of drug-likeness (QED) is 0.220. The van der Waals surface area contributed by atoms with Crippen molar-refractivity contribution in [2.75, 3.05) is 11.4 Å². The van der Waals surface area contributed by atoms with Gasteiger partial charge in [0.25, 0.3) is 11.2 Å². The van der Waals surface area contributed by atoms with Gasteiger partial charge in [-0.15, -0.1) is 0 Å². The van der Waals surface area contributed by atoms with Crippen LogP contribution in [0.1, 0.15) is 29.8 Å². The molecule has 5 heterocycles. The van der Waals surface area contributed by atoms with Gasteiger partial charge in [0.15, 0.2) is 0 Å². The van der Waals surface area contributed by atoms with E-state index in [2.05, 4.69) is 4.90 Å². The molecular weight excluding hydrogens is 510 g/mol. The van der Waals surface area contributed by atoms with Crippen molar-refractivity contribution < 1.29 is 14.5 Å². The second kappa shape index (κ2) is 7.70. The number of aromatic nitrogens is 2. The number of nitrogens with zero attached hydrogens (tertiary/aromatic N) is 5. The van der Waals surface area contributed by atoms with E-state index in [4.69, 9.17) is 4.98 Å². The molecule has 198 valence electrons. The van der Waals surface area contributed by atoms with Crippen LogP contribution in [0.15, 0.2) is 71.5 Å². The zero-order valence-corrected chi connectivity index (χ0v) is 21.5. The SMILES string of the molecule is Cc1ccc([N+](=O)[O-])cc1N1C(=O)[C@H]2[C@@H]3CCCN3[C@@]3(c4ccccc4-n4c3nc3ccccc3c4=O)[C@H]2C1=O. The minimum absolute atomic E-state index is 0.188. The Morgan fingerprint density at radius 3 is 2.58 bits per heavy atom. The number of carbonyl (C=O) groups excluding carboxylic acids is 2. The first-order valence-corrected chi connectivity index (χ1v) is 13.4. The molecule has 1 aromatic heterocycles. The average molecular weight is 534 g/mol. The molecule has 1 spiro atoms. The van der Waals surface area contributed by atoms with Gasteiger partial charge in [0.2, 0.25) is 11.8 Å². The Bertz CT molecular complexity index is 1900. The highest BCUT2D eigenvalue weighted by Gasteiger charge is 2.73. The summed E-state index contributed by atoms with van der Waals surface area (Å²) in [5, 5.41) is 12.1. The Labute approximate surface area is 227 Å². The topological polar surface area (TPSA) is 119 Å². The lowest BCUT2D eigenvalue weighted by atomic mass is 9.75. The molecular formula is C30H23N5O5. The normalized spacial score (nSPS) is 26.4. The summed E-state index contributed by atoms with van der Waals surface area (Å²) < 4.78 is 1.62. The summed E-state index contributed by atoms with van der Waals surface area (Å²) in [7, 11) is 0. The smallest absolute Gasteiger partial charge is 0.271 e. The lowest BCUT2D eigenvalue weighted by Gasteiger charge is -2.38. The molecule has 40 heavy (non-hydrogen) atoms. The van der Waals surface area contributed by atoms with Crippen molar-refractivity contribution in [3.63, 3.8) is 0 Å². The van der Waals surface area contributed by atoms with Crippen LogP contribution in [0.5, 0.6) is 0 Å². The third-order valence-electron chi connectivity index (χ3n) is 9.28. The molecule has 0 unspecified atom stereocenters. The molecule has 3 fully saturated rings. The molecule has 10 heteroatoms. The molecule has 0 bridgehead atoms. The summed E-state index contributed by atoms with van der Waals surface area (Å²) in [6, 6.07) is 18.7. The van der Waals surface area contributed by atoms with E-state index in [1.54, 1.807) is 35.8 Å². The maximum atomic E-state index is 14.6. The lowest BCUT2D eigenvalue weighted by molar-refractivity contribution is -0.384. The second-order valence-electron chi connectivity index (χ2n) is 11.0. The summed E-state index contributed by atoms with van der Waals surface area (Å²) in [4.78, 5) is 62.3. The van der Waals surface area contributed by atoms with E-state index >= 15 is 0 Å². The Kier molecular flexibility index (Phi) is 4.47. The zero-order chi connectivity index (χ0) is 27.5. The number of anilines is 1. The molecule has 4 atom stereocenters. The number of non-ortho nitro benzene ring substituents is 1. The first kappa shape index (κ1) is 23.2. The average Bonchev–Trinajstić information content (AvgIpc) is 3.67. The van der Waals surface area contributed by atoms with Crippen molar-refractivity contribution >= 4 is 34.1 Å². The fraction of sp³-hybridized carbons (Fsp3) is 0.267. The number of hydrogen-bond acceptors (Lipinski definition) is 7. The third-order valence-corrected chi connectivity index (χ3v) is 9.28. The fourth-order valence-electron chi connectivity index (χ4n) is 7.80. The van der Waals surface area contributed by atoms with E-state index in [0.717, 1.165) is 23.3 Å². The van der Waals surface area contributed by atoms with Crippen LogP contribution in [-0.2, 0) is 15.1 Å². The van der Waals surface area contributed by atoms with Gasteiger partial charge in [0, 0.05) is 23.7 Å². The van der Waals surface area contributed by atoms with Gasteiger partial charge in [0.05, 0.1) is 39.0 Å². The molecule has 0 saturated carbocycles. The number of rotatable bonds is 2. The van der Waals surface area contributed by atoms with Crippen molar-refractivity contribution in [2.45, 2.75) is 31.3 Å². The predicted octanol–water partition coefficient (Wildman–Crippen LogP) is 3.44. The standard InChI is InChI=1S/C30H23N5O5/c1-16-12-13-17(35(39)40)15-23(16)33-27(37)24-22-11-6-14-32(22)30(25(24)28(33)38)19-8-3-5-10-21(19)34-26(36)18-7-2-4-9-20(18)31-29(30)34/h2-5,7-10,12-13,15,22,24-25H,6,11,14H2,1H3/t22-,24-,25+,30-/m0/s1. The van der Waals surface area contributed by atoms with Gasteiger partial charge in [0.1, 0.15) is 11.4 Å². The van der Waals surface area contributed by atoms with Gasteiger partial charge in [-0.1, -0.05) is 36.4 Å². The van der Waals surface area contributed by atoms with Crippen LogP contribution in [0.2, 0.25) is 0 Å². The van der Waals surface area contributed by atoms with Gasteiger partial charge in [-0.25, -0.2) is 9.88 Å². The number of carbonyl (C=O) groups is 2. The van der Waals surface area contributed by atoms with Crippen LogP contribution in [0.4, 0.5) is 11.4 Å². The first-order chi connectivity index (χ1) is 19.4. The summed E-state index contributed by atoms with van der Waals surface area (Å²) in [5.41, 5.74) is 1.28. The minimum Gasteiger partial charge on any atom is -0.283 e. The highest BCUT2D eigenvalue weighted by atomic mass is 16.6. The number of hydrogen-bond donors (Lipinski definition) is 0. The monoisotopic (exact) mass is 533 g/mol. The summed E-state index contributed by atoms with van der Waals surface area (Å²) in [6.45, 7) is 2.39. The van der Waals surface area contributed by atoms with Gasteiger partial charge in [-0.2, -0.15) is 0 Å². The van der Waals surface area contributed by atoms with Gasteiger partial charge < -0.3 is 0 Å². The number of aryl methyl sites for hydroxylation is 1. The number of nitro groups is 1. The largest absolute Gasteiger partial charge is 0.283 e. The fourth-order valence-corrected chi connectivity index (χ4v) is 7.80. The predicted molar refractivity (Wildman–Crippen MR) is 145 cm³/mol.